The van der Waals surface area contributed by atoms with Crippen molar-refractivity contribution in [3.05, 3.63) is 77.9 Å². The summed E-state index contributed by atoms with van der Waals surface area (Å²) in [5, 5.41) is 2.93. The van der Waals surface area contributed by atoms with Crippen molar-refractivity contribution in [2.45, 2.75) is 57.6 Å². The Kier molecular flexibility index (Phi) is 11.4. The van der Waals surface area contributed by atoms with Crippen molar-refractivity contribution in [2.75, 3.05) is 32.2 Å². The maximum atomic E-state index is 14.2. The van der Waals surface area contributed by atoms with Gasteiger partial charge in [0.15, 0.2) is 0 Å². The highest BCUT2D eigenvalue weighted by Crippen LogP contribution is 2.36. The Balaban J connectivity index is 2.12. The van der Waals surface area contributed by atoms with Crippen molar-refractivity contribution in [3.63, 3.8) is 0 Å². The molecule has 3 aromatic carbocycles. The summed E-state index contributed by atoms with van der Waals surface area (Å²) in [6, 6.07) is 17.2. The number of carbonyl (C=O) groups excluding carboxylic acids is 2. The predicted molar refractivity (Wildman–Crippen MR) is 166 cm³/mol. The van der Waals surface area contributed by atoms with Gasteiger partial charge < -0.3 is 24.4 Å². The molecule has 0 aliphatic heterocycles. The number of hydrogen-bond donors (Lipinski definition) is 1. The van der Waals surface area contributed by atoms with E-state index in [4.69, 9.17) is 14.2 Å². The number of amides is 2. The summed E-state index contributed by atoms with van der Waals surface area (Å²) in [5.74, 6) is 0.257. The first-order valence-electron chi connectivity index (χ1n) is 14.0. The number of methoxy groups -OCH3 is 3. The Morgan fingerprint density at radius 1 is 0.884 bits per heavy atom. The van der Waals surface area contributed by atoms with E-state index < -0.39 is 28.5 Å². The van der Waals surface area contributed by atoms with Crippen molar-refractivity contribution in [3.8, 4) is 17.2 Å². The SMILES string of the molecule is CC[C@@H](C)NC(=O)[C@@H](C)N(Cc1cccc(OC)c1)C(=O)CN(c1cc(OC)ccc1OC)S(=O)(=O)c1ccc(C)cc1. The van der Waals surface area contributed by atoms with E-state index in [1.54, 1.807) is 56.5 Å². The Morgan fingerprint density at radius 3 is 2.14 bits per heavy atom. The number of hydrogen-bond acceptors (Lipinski definition) is 7. The second-order valence-corrected chi connectivity index (χ2v) is 12.1. The molecule has 3 rings (SSSR count). The molecule has 0 unspecified atom stereocenters. The average molecular weight is 612 g/mol. The summed E-state index contributed by atoms with van der Waals surface area (Å²) in [4.78, 5) is 28.8. The average Bonchev–Trinajstić information content (AvgIpc) is 3.01. The number of rotatable bonds is 14. The topological polar surface area (TPSA) is 114 Å². The third-order valence-electron chi connectivity index (χ3n) is 7.20. The number of aryl methyl sites for hydroxylation is 1. The van der Waals surface area contributed by atoms with E-state index in [1.807, 2.05) is 26.8 Å². The zero-order valence-electron chi connectivity index (χ0n) is 25.8. The molecule has 1 N–H and O–H groups in total. The monoisotopic (exact) mass is 611 g/mol. The lowest BCUT2D eigenvalue weighted by molar-refractivity contribution is -0.139. The summed E-state index contributed by atoms with van der Waals surface area (Å²) in [6.07, 6.45) is 0.709. The molecular formula is C32H41N3O7S. The molecule has 0 spiro atoms. The van der Waals surface area contributed by atoms with Crippen LogP contribution in [0.25, 0.3) is 0 Å². The Labute approximate surface area is 254 Å². The molecule has 2 atom stereocenters. The maximum Gasteiger partial charge on any atom is 0.264 e. The molecule has 0 aliphatic rings. The molecule has 0 fully saturated rings. The van der Waals surface area contributed by atoms with Crippen LogP contribution < -0.4 is 23.8 Å². The fourth-order valence-electron chi connectivity index (χ4n) is 4.36. The first-order valence-corrected chi connectivity index (χ1v) is 15.4. The van der Waals surface area contributed by atoms with Crippen LogP contribution in [-0.4, -0.2) is 65.1 Å². The van der Waals surface area contributed by atoms with Gasteiger partial charge in [0.1, 0.15) is 29.8 Å². The molecule has 0 saturated carbocycles. The lowest BCUT2D eigenvalue weighted by atomic mass is 10.1. The van der Waals surface area contributed by atoms with Crippen LogP contribution in [0.3, 0.4) is 0 Å². The van der Waals surface area contributed by atoms with Gasteiger partial charge in [0.25, 0.3) is 10.0 Å². The summed E-state index contributed by atoms with van der Waals surface area (Å²) >= 11 is 0. The second-order valence-electron chi connectivity index (χ2n) is 10.2. The van der Waals surface area contributed by atoms with E-state index in [9.17, 15) is 18.0 Å². The molecule has 0 bridgehead atoms. The highest BCUT2D eigenvalue weighted by atomic mass is 32.2. The van der Waals surface area contributed by atoms with Gasteiger partial charge in [-0.3, -0.25) is 13.9 Å². The van der Waals surface area contributed by atoms with Gasteiger partial charge >= 0.3 is 0 Å². The molecule has 10 nitrogen and oxygen atoms in total. The van der Waals surface area contributed by atoms with E-state index >= 15 is 0 Å². The largest absolute Gasteiger partial charge is 0.497 e. The number of nitrogens with zero attached hydrogens (tertiary/aromatic N) is 2. The third kappa shape index (κ3) is 8.19. The van der Waals surface area contributed by atoms with Gasteiger partial charge in [0, 0.05) is 18.7 Å². The number of anilines is 1. The van der Waals surface area contributed by atoms with E-state index in [0.29, 0.717) is 23.5 Å². The second kappa shape index (κ2) is 14.8. The molecule has 43 heavy (non-hydrogen) atoms. The van der Waals surface area contributed by atoms with Crippen LogP contribution in [0, 0.1) is 6.92 Å². The van der Waals surface area contributed by atoms with Crippen LogP contribution in [0.4, 0.5) is 5.69 Å². The smallest absolute Gasteiger partial charge is 0.264 e. The molecule has 0 aromatic heterocycles. The van der Waals surface area contributed by atoms with Crippen LogP contribution >= 0.6 is 0 Å². The number of sulfonamides is 1. The minimum absolute atomic E-state index is 0.00215. The number of carbonyl (C=O) groups is 2. The Hall–Kier alpha value is -4.25. The van der Waals surface area contributed by atoms with Gasteiger partial charge in [-0.2, -0.15) is 0 Å². The minimum Gasteiger partial charge on any atom is -0.497 e. The first-order chi connectivity index (χ1) is 20.4. The fourth-order valence-corrected chi connectivity index (χ4v) is 5.77. The van der Waals surface area contributed by atoms with Gasteiger partial charge in [-0.15, -0.1) is 0 Å². The van der Waals surface area contributed by atoms with E-state index in [-0.39, 0.29) is 34.8 Å². The van der Waals surface area contributed by atoms with Crippen LogP contribution in [-0.2, 0) is 26.2 Å². The fraction of sp³-hybridized carbons (Fsp3) is 0.375. The summed E-state index contributed by atoms with van der Waals surface area (Å²) in [7, 11) is 0.140. The number of benzene rings is 3. The quantitative estimate of drug-likeness (QED) is 0.285. The van der Waals surface area contributed by atoms with Crippen molar-refractivity contribution in [1.29, 1.82) is 0 Å². The minimum atomic E-state index is -4.28. The first kappa shape index (κ1) is 33.3. The van der Waals surface area contributed by atoms with Gasteiger partial charge in [-0.1, -0.05) is 36.8 Å². The summed E-state index contributed by atoms with van der Waals surface area (Å²) in [5.41, 5.74) is 1.71. The highest BCUT2D eigenvalue weighted by molar-refractivity contribution is 7.92. The third-order valence-corrected chi connectivity index (χ3v) is 8.97. The van der Waals surface area contributed by atoms with Crippen molar-refractivity contribution in [2.24, 2.45) is 0 Å². The van der Waals surface area contributed by atoms with Gasteiger partial charge in [0.05, 0.1) is 31.9 Å². The van der Waals surface area contributed by atoms with Crippen LogP contribution in [0.15, 0.2) is 71.6 Å². The normalized spacial score (nSPS) is 12.5. The zero-order valence-corrected chi connectivity index (χ0v) is 26.6. The van der Waals surface area contributed by atoms with Crippen LogP contribution in [0.1, 0.15) is 38.3 Å². The molecular weight excluding hydrogens is 570 g/mol. The van der Waals surface area contributed by atoms with E-state index in [0.717, 1.165) is 9.87 Å². The number of nitrogens with one attached hydrogen (secondary N) is 1. The summed E-state index contributed by atoms with van der Waals surface area (Å²) < 4.78 is 45.6. The molecule has 2 amide bonds. The molecule has 0 heterocycles. The molecule has 0 saturated heterocycles. The molecule has 232 valence electrons. The molecule has 0 radical (unpaired) electrons. The predicted octanol–water partition coefficient (Wildman–Crippen LogP) is 4.55. The standard InChI is InChI=1S/C32H41N3O7S/c1-8-23(3)33-32(37)24(4)34(20-25-10-9-11-26(18-25)40-5)31(36)21-35(29-19-27(41-6)14-17-30(29)42-7)43(38,39)28-15-12-22(2)13-16-28/h9-19,23-24H,8,20-21H2,1-7H3,(H,33,37)/t23-,24-/m1/s1. The Morgan fingerprint density at radius 2 is 1.53 bits per heavy atom. The zero-order chi connectivity index (χ0) is 31.7. The number of ether oxygens (including phenoxy) is 3. The van der Waals surface area contributed by atoms with Gasteiger partial charge in [-0.25, -0.2) is 8.42 Å². The van der Waals surface area contributed by atoms with Gasteiger partial charge in [0.2, 0.25) is 11.8 Å². The van der Waals surface area contributed by atoms with E-state index in [1.165, 1.54) is 37.3 Å². The lowest BCUT2D eigenvalue weighted by Gasteiger charge is -2.33. The van der Waals surface area contributed by atoms with Crippen molar-refractivity contribution in [1.82, 2.24) is 10.2 Å². The van der Waals surface area contributed by atoms with E-state index in [2.05, 4.69) is 5.32 Å². The molecule has 3 aromatic rings. The van der Waals surface area contributed by atoms with Crippen LogP contribution in [0.5, 0.6) is 17.2 Å². The van der Waals surface area contributed by atoms with Crippen molar-refractivity contribution < 1.29 is 32.2 Å². The maximum absolute atomic E-state index is 14.2. The van der Waals surface area contributed by atoms with Gasteiger partial charge in [-0.05, 0) is 69.2 Å². The lowest BCUT2D eigenvalue weighted by Crippen LogP contribution is -2.52. The Bertz CT molecular complexity index is 1510. The van der Waals surface area contributed by atoms with Crippen LogP contribution in [0.2, 0.25) is 0 Å². The molecule has 0 aliphatic carbocycles. The summed E-state index contributed by atoms with van der Waals surface area (Å²) in [6.45, 7) is 6.74. The molecule has 11 heteroatoms. The highest BCUT2D eigenvalue weighted by Gasteiger charge is 2.34. The van der Waals surface area contributed by atoms with Crippen molar-refractivity contribution >= 4 is 27.5 Å².